The predicted octanol–water partition coefficient (Wildman–Crippen LogP) is 6.71. The van der Waals surface area contributed by atoms with Crippen LogP contribution in [0.5, 0.6) is 0 Å². The molecule has 6 heterocycles. The van der Waals surface area contributed by atoms with E-state index in [1.54, 1.807) is 48.0 Å². The van der Waals surface area contributed by atoms with Crippen molar-refractivity contribution < 1.29 is 46.6 Å². The van der Waals surface area contributed by atoms with Crippen LogP contribution in [-0.2, 0) is 29.4 Å². The van der Waals surface area contributed by atoms with E-state index in [9.17, 15) is 19.4 Å². The number of aliphatic hydroxyl groups excluding tert-OH is 1. The second-order valence-corrected chi connectivity index (χ2v) is 21.8. The van der Waals surface area contributed by atoms with Crippen LogP contribution in [0.3, 0.4) is 0 Å². The number of halogens is 2. The number of ether oxygens (including phenoxy) is 2. The van der Waals surface area contributed by atoms with Gasteiger partial charge in [0.05, 0.1) is 24.7 Å². The number of aromatic nitrogens is 7. The Bertz CT molecular complexity index is 2350. The summed E-state index contributed by atoms with van der Waals surface area (Å²) in [4.78, 5) is 47.2. The van der Waals surface area contributed by atoms with Crippen molar-refractivity contribution in [1.82, 2.24) is 34.1 Å². The molecule has 2 saturated heterocycles. The summed E-state index contributed by atoms with van der Waals surface area (Å²) in [6.45, 7) is 11.6. The zero-order chi connectivity index (χ0) is 42.9. The van der Waals surface area contributed by atoms with Crippen molar-refractivity contribution in [3.8, 4) is 0 Å². The molecule has 1 unspecified atom stereocenters. The summed E-state index contributed by atoms with van der Waals surface area (Å²) in [6, 6.07) is 10.5. The average molecular weight is 868 g/mol. The van der Waals surface area contributed by atoms with E-state index < -0.39 is 72.4 Å². The van der Waals surface area contributed by atoms with Gasteiger partial charge in [0.25, 0.3) is 5.91 Å². The lowest BCUT2D eigenvalue weighted by molar-refractivity contribution is -0.0445. The average Bonchev–Trinajstić information content (AvgIpc) is 3.99. The zero-order valence-electron chi connectivity index (χ0n) is 34.2. The lowest BCUT2D eigenvalue weighted by Gasteiger charge is -2.39. The highest BCUT2D eigenvalue weighted by molar-refractivity contribution is 7.32. The molecule has 2 N–H and O–H groups in total. The lowest BCUT2D eigenvalue weighted by atomic mass is 10.1. The van der Waals surface area contributed by atoms with Gasteiger partial charge in [0.2, 0.25) is 0 Å². The summed E-state index contributed by atoms with van der Waals surface area (Å²) in [7, 11) is -5.47. The third kappa shape index (κ3) is 8.54. The van der Waals surface area contributed by atoms with Crippen LogP contribution in [0, 0.1) is 0 Å². The van der Waals surface area contributed by atoms with E-state index in [0.29, 0.717) is 41.6 Å². The van der Waals surface area contributed by atoms with Gasteiger partial charge in [-0.2, -0.15) is 0 Å². The number of benzene rings is 1. The van der Waals surface area contributed by atoms with Crippen molar-refractivity contribution in [3.05, 3.63) is 85.0 Å². The highest BCUT2D eigenvalue weighted by Gasteiger charge is 2.52. The summed E-state index contributed by atoms with van der Waals surface area (Å²) >= 11 is 0. The van der Waals surface area contributed by atoms with Crippen LogP contribution in [0.1, 0.15) is 69.0 Å². The monoisotopic (exact) mass is 867 g/mol. The fourth-order valence-corrected chi connectivity index (χ4v) is 9.15. The molecule has 2 fully saturated rings. The maximum atomic E-state index is 16.4. The molecule has 0 spiro atoms. The molecule has 1 aromatic carbocycles. The molecule has 1 amide bonds. The second-order valence-electron chi connectivity index (χ2n) is 16.4. The number of hydrogen-bond acceptors (Lipinski definition) is 12. The molecule has 0 bridgehead atoms. The molecule has 5 aromatic rings. The summed E-state index contributed by atoms with van der Waals surface area (Å²) in [5, 5.41) is 10.7. The third-order valence-electron chi connectivity index (χ3n) is 11.6. The van der Waals surface area contributed by atoms with E-state index in [1.807, 2.05) is 31.3 Å². The van der Waals surface area contributed by atoms with E-state index >= 15 is 8.78 Å². The van der Waals surface area contributed by atoms with Gasteiger partial charge in [-0.25, -0.2) is 33.7 Å². The first-order chi connectivity index (χ1) is 28.6. The van der Waals surface area contributed by atoms with Crippen molar-refractivity contribution in [2.45, 2.75) is 114 Å². The van der Waals surface area contributed by atoms with E-state index in [2.05, 4.69) is 45.7 Å². The predicted molar refractivity (Wildman–Crippen MR) is 220 cm³/mol. The van der Waals surface area contributed by atoms with Crippen LogP contribution in [0.15, 0.2) is 73.7 Å². The first-order valence-corrected chi connectivity index (χ1v) is 23.9. The molecule has 4 aromatic heterocycles. The van der Waals surface area contributed by atoms with Crippen LogP contribution >= 0.6 is 8.25 Å². The summed E-state index contributed by atoms with van der Waals surface area (Å²) in [5.74, 6) is -0.136. The Morgan fingerprint density at radius 1 is 0.950 bits per heavy atom. The van der Waals surface area contributed by atoms with E-state index in [4.69, 9.17) is 18.4 Å². The molecule has 20 heteroatoms. The number of nitrogens with zero attached hydrogens (tertiary/aromatic N) is 8. The molecule has 0 aliphatic carbocycles. The normalized spacial score (nSPS) is 25.2. The number of aliphatic hydroxyl groups is 1. The van der Waals surface area contributed by atoms with Crippen molar-refractivity contribution in [1.29, 1.82) is 0 Å². The van der Waals surface area contributed by atoms with E-state index in [-0.39, 0.29) is 34.5 Å². The molecular weight excluding hydrogens is 818 g/mol. The van der Waals surface area contributed by atoms with Crippen LogP contribution in [0.2, 0.25) is 18.1 Å². The number of amides is 1. The number of fused-ring (bicyclic) bond motifs is 2. The first-order valence-electron chi connectivity index (χ1n) is 19.9. The number of rotatable bonds is 15. The van der Waals surface area contributed by atoms with Gasteiger partial charge < -0.3 is 23.6 Å². The van der Waals surface area contributed by atoms with Crippen LogP contribution < -0.4 is 4.90 Å². The van der Waals surface area contributed by atoms with Gasteiger partial charge in [0.1, 0.15) is 30.5 Å². The molecule has 2 aliphatic rings. The van der Waals surface area contributed by atoms with Crippen molar-refractivity contribution in [2.24, 2.45) is 0 Å². The smallest absolute Gasteiger partial charge is 0.408 e. The standard InChI is InChI=1S/C40H49F2N8O8PSi/c1-7-27-32(57-59(53)54)29(41)38(55-27)49-19-17-25-26(43-21-44-34(25)49)16-12-9-13-18-48(37(52)24-14-10-8-11-15-24)35-31-36(46-22-45-35)50(23-47-31)39-30(42)33(28(20-51)56-39)58-60(5,6)40(2,3)4/h8-11,13-15,17,19,21-23,27-30,32-33,38-39,51H,7,12,16,18,20H2,1-6H3/p+1/b13-9+/t27-,28-,29-,30-,32-,33-,38-,39-/m1/s1. The molecule has 16 nitrogen and oxygen atoms in total. The van der Waals surface area contributed by atoms with Crippen LogP contribution in [-0.4, -0.2) is 108 Å². The Kier molecular flexibility index (Phi) is 13.0. The fourth-order valence-electron chi connectivity index (χ4n) is 7.37. The number of allylic oxidation sites excluding steroid dienone is 1. The van der Waals surface area contributed by atoms with E-state index in [1.165, 1.54) is 28.4 Å². The van der Waals surface area contributed by atoms with Crippen molar-refractivity contribution in [3.63, 3.8) is 0 Å². The largest absolute Gasteiger partial charge is 0.695 e. The fraction of sp³-hybridized carbons (Fsp3) is 0.500. The molecule has 9 atom stereocenters. The maximum Gasteiger partial charge on any atom is 0.695 e. The van der Waals surface area contributed by atoms with Crippen LogP contribution in [0.4, 0.5) is 14.6 Å². The quantitative estimate of drug-likeness (QED) is 0.0643. The lowest BCUT2D eigenvalue weighted by Crippen LogP contribution is -2.49. The number of carbonyl (C=O) groups excluding carboxylic acids is 1. The molecule has 320 valence electrons. The van der Waals surface area contributed by atoms with Gasteiger partial charge in [-0.3, -0.25) is 14.3 Å². The highest BCUT2D eigenvalue weighted by Crippen LogP contribution is 2.43. The van der Waals surface area contributed by atoms with Gasteiger partial charge in [-0.05, 0) is 55.6 Å². The molecule has 2 aliphatic heterocycles. The minimum absolute atomic E-state index is 0.0983. The minimum Gasteiger partial charge on any atom is -0.408 e. The third-order valence-corrected chi connectivity index (χ3v) is 16.5. The molecule has 0 saturated carbocycles. The van der Waals surface area contributed by atoms with Crippen LogP contribution in [0.25, 0.3) is 22.2 Å². The number of hydrogen-bond donors (Lipinski definition) is 2. The Hall–Kier alpha value is -4.46. The Balaban J connectivity index is 1.10. The van der Waals surface area contributed by atoms with Gasteiger partial charge in [-0.15, -0.1) is 9.42 Å². The first kappa shape index (κ1) is 43.6. The highest BCUT2D eigenvalue weighted by atomic mass is 31.1. The van der Waals surface area contributed by atoms with Gasteiger partial charge in [-0.1, -0.05) is 58.0 Å². The Labute approximate surface area is 347 Å². The SMILES string of the molecule is CC[C@H]1O[C@@H](n2ccc3c(CC/C=C/CN(C(=O)c4ccccc4)c4ncnc5c4ncn5[C@@H]4O[C@H](CO)[C@@H](O[Si](C)(C)C(C)(C)C)[C@H]4F)ncnc32)[C@H](F)[C@@H]1O[P+](=O)O. The number of anilines is 1. The maximum absolute atomic E-state index is 16.4. The molecular formula is C40H50F2N8O8PSi+. The number of imidazole rings is 1. The zero-order valence-corrected chi connectivity index (χ0v) is 36.1. The minimum atomic E-state index is -3.02. The summed E-state index contributed by atoms with van der Waals surface area (Å²) in [5.41, 5.74) is 2.06. The summed E-state index contributed by atoms with van der Waals surface area (Å²) < 4.78 is 69.7. The Morgan fingerprint density at radius 2 is 1.63 bits per heavy atom. The number of aryl methyl sites for hydroxylation is 1. The Morgan fingerprint density at radius 3 is 2.33 bits per heavy atom. The molecule has 60 heavy (non-hydrogen) atoms. The van der Waals surface area contributed by atoms with E-state index in [0.717, 1.165) is 0 Å². The topological polar surface area (TPSA) is 189 Å². The molecule has 7 rings (SSSR count). The number of alkyl halides is 2. The van der Waals surface area contributed by atoms with Gasteiger partial charge in [0, 0.05) is 28.3 Å². The van der Waals surface area contributed by atoms with Gasteiger partial charge >= 0.3 is 8.25 Å². The molecule has 0 radical (unpaired) electrons. The van der Waals surface area contributed by atoms with Crippen molar-refractivity contribution in [2.75, 3.05) is 18.1 Å². The second kappa shape index (κ2) is 17.9. The summed E-state index contributed by atoms with van der Waals surface area (Å²) in [6.07, 6.45) is 1.35. The number of carbonyl (C=O) groups is 1. The van der Waals surface area contributed by atoms with Crippen molar-refractivity contribution >= 4 is 50.5 Å². The van der Waals surface area contributed by atoms with Gasteiger partial charge in [0.15, 0.2) is 56.2 Å².